The van der Waals surface area contributed by atoms with E-state index in [-0.39, 0.29) is 0 Å². The summed E-state index contributed by atoms with van der Waals surface area (Å²) in [5.74, 6) is 0.522. The number of aromatic nitrogens is 1. The summed E-state index contributed by atoms with van der Waals surface area (Å²) in [4.78, 5) is 9.96. The van der Waals surface area contributed by atoms with E-state index in [1.165, 1.54) is 4.88 Å². The fraction of sp³-hybridized carbons (Fsp3) is 0.636. The van der Waals surface area contributed by atoms with Crippen molar-refractivity contribution in [1.82, 2.24) is 10.3 Å². The van der Waals surface area contributed by atoms with Crippen molar-refractivity contribution in [3.63, 3.8) is 0 Å². The third kappa shape index (κ3) is 4.18. The van der Waals surface area contributed by atoms with Crippen molar-refractivity contribution >= 4 is 17.3 Å². The molecular formula is C11H20N4S. The van der Waals surface area contributed by atoms with Gasteiger partial charge in [0.2, 0.25) is 0 Å². The molecule has 16 heavy (non-hydrogen) atoms. The molecule has 0 aliphatic rings. The third-order valence-corrected chi connectivity index (χ3v) is 3.19. The zero-order valence-electron chi connectivity index (χ0n) is 10.4. The van der Waals surface area contributed by atoms with Crippen molar-refractivity contribution in [2.75, 3.05) is 6.54 Å². The molecule has 0 atom stereocenters. The highest BCUT2D eigenvalue weighted by Gasteiger charge is 2.03. The second-order valence-electron chi connectivity index (χ2n) is 4.06. The lowest BCUT2D eigenvalue weighted by Crippen LogP contribution is -2.36. The molecule has 0 saturated heterocycles. The molecule has 0 unspecified atom stereocenters. The van der Waals surface area contributed by atoms with Crippen LogP contribution in [0.3, 0.4) is 0 Å². The van der Waals surface area contributed by atoms with Crippen LogP contribution in [0.2, 0.25) is 0 Å². The van der Waals surface area contributed by atoms with Gasteiger partial charge < -0.3 is 11.1 Å². The average molecular weight is 240 g/mol. The third-order valence-electron chi connectivity index (χ3n) is 2.06. The van der Waals surface area contributed by atoms with E-state index in [1.807, 2.05) is 27.7 Å². The molecule has 0 radical (unpaired) electrons. The molecule has 90 valence electrons. The van der Waals surface area contributed by atoms with Gasteiger partial charge in [0.1, 0.15) is 0 Å². The number of aryl methyl sites for hydroxylation is 2. The molecule has 1 heterocycles. The zero-order valence-corrected chi connectivity index (χ0v) is 11.2. The molecule has 0 amide bonds. The minimum Gasteiger partial charge on any atom is -0.370 e. The molecule has 0 fully saturated rings. The standard InChI is InChI=1S/C11H20N4S/c1-7(2)14-11(12)13-6-5-10-8(3)15-9(4)16-10/h7H,5-6H2,1-4H3,(H3,12,13,14). The number of rotatable bonds is 4. The summed E-state index contributed by atoms with van der Waals surface area (Å²) >= 11 is 1.74. The first kappa shape index (κ1) is 13.0. The van der Waals surface area contributed by atoms with E-state index in [9.17, 15) is 0 Å². The van der Waals surface area contributed by atoms with Gasteiger partial charge in [0.05, 0.1) is 10.7 Å². The molecule has 0 aliphatic carbocycles. The van der Waals surface area contributed by atoms with Gasteiger partial charge in [-0.05, 0) is 27.7 Å². The summed E-state index contributed by atoms with van der Waals surface area (Å²) in [5.41, 5.74) is 6.83. The molecule has 1 rings (SSSR count). The summed E-state index contributed by atoms with van der Waals surface area (Å²) in [7, 11) is 0. The minimum absolute atomic E-state index is 0.330. The molecule has 3 N–H and O–H groups in total. The Balaban J connectivity index is 2.43. The molecule has 1 aromatic rings. The second kappa shape index (κ2) is 5.84. The quantitative estimate of drug-likeness (QED) is 0.621. The molecule has 0 aliphatic heterocycles. The Morgan fingerprint density at radius 3 is 2.69 bits per heavy atom. The van der Waals surface area contributed by atoms with Gasteiger partial charge in [-0.15, -0.1) is 11.3 Å². The molecule has 0 bridgehead atoms. The van der Waals surface area contributed by atoms with Gasteiger partial charge in [0.15, 0.2) is 5.96 Å². The van der Waals surface area contributed by atoms with Gasteiger partial charge in [-0.25, -0.2) is 4.98 Å². The molecule has 4 nitrogen and oxygen atoms in total. The Labute approximate surface area is 101 Å². The molecule has 0 saturated carbocycles. The number of guanidine groups is 1. The number of thiazole rings is 1. The summed E-state index contributed by atoms with van der Waals surface area (Å²) in [6.07, 6.45) is 0.914. The number of aliphatic imine (C=N–C) groups is 1. The Hall–Kier alpha value is -1.10. The maximum atomic E-state index is 5.71. The first-order valence-corrected chi connectivity index (χ1v) is 6.30. The van der Waals surface area contributed by atoms with Crippen LogP contribution in [0.25, 0.3) is 0 Å². The van der Waals surface area contributed by atoms with Crippen LogP contribution in [0.1, 0.15) is 29.4 Å². The van der Waals surface area contributed by atoms with Crippen LogP contribution in [0, 0.1) is 13.8 Å². The van der Waals surface area contributed by atoms with Crippen molar-refractivity contribution in [3.05, 3.63) is 15.6 Å². The van der Waals surface area contributed by atoms with Gasteiger partial charge >= 0.3 is 0 Å². The normalized spacial score (nSPS) is 12.2. The van der Waals surface area contributed by atoms with Crippen molar-refractivity contribution < 1.29 is 0 Å². The van der Waals surface area contributed by atoms with Crippen LogP contribution in [0.5, 0.6) is 0 Å². The van der Waals surface area contributed by atoms with Gasteiger partial charge in [0, 0.05) is 23.9 Å². The topological polar surface area (TPSA) is 63.3 Å². The highest BCUT2D eigenvalue weighted by atomic mass is 32.1. The number of nitrogens with one attached hydrogen (secondary N) is 1. The number of nitrogens with two attached hydrogens (primary N) is 1. The summed E-state index contributed by atoms with van der Waals surface area (Å²) in [6.45, 7) is 8.86. The highest BCUT2D eigenvalue weighted by molar-refractivity contribution is 7.11. The maximum absolute atomic E-state index is 5.71. The molecule has 1 aromatic heterocycles. The Morgan fingerprint density at radius 2 is 2.19 bits per heavy atom. The largest absolute Gasteiger partial charge is 0.370 e. The van der Waals surface area contributed by atoms with E-state index < -0.39 is 0 Å². The monoisotopic (exact) mass is 240 g/mol. The first-order valence-electron chi connectivity index (χ1n) is 5.48. The Bertz CT molecular complexity index is 368. The first-order chi connectivity index (χ1) is 7.49. The molecular weight excluding hydrogens is 220 g/mol. The number of hydrogen-bond donors (Lipinski definition) is 2. The van der Waals surface area contributed by atoms with Crippen molar-refractivity contribution in [3.8, 4) is 0 Å². The minimum atomic E-state index is 0.330. The second-order valence-corrected chi connectivity index (χ2v) is 5.35. The number of hydrogen-bond acceptors (Lipinski definition) is 3. The van der Waals surface area contributed by atoms with Crippen LogP contribution in [-0.2, 0) is 6.42 Å². The predicted molar refractivity (Wildman–Crippen MR) is 70.1 cm³/mol. The van der Waals surface area contributed by atoms with Crippen LogP contribution < -0.4 is 11.1 Å². The highest BCUT2D eigenvalue weighted by Crippen LogP contribution is 2.17. The van der Waals surface area contributed by atoms with Crippen LogP contribution >= 0.6 is 11.3 Å². The lowest BCUT2D eigenvalue weighted by atomic mass is 10.3. The lowest BCUT2D eigenvalue weighted by molar-refractivity contribution is 0.723. The molecule has 5 heteroatoms. The van der Waals surface area contributed by atoms with E-state index >= 15 is 0 Å². The van der Waals surface area contributed by atoms with Gasteiger partial charge in [-0.2, -0.15) is 0 Å². The van der Waals surface area contributed by atoms with Crippen LogP contribution in [0.4, 0.5) is 0 Å². The van der Waals surface area contributed by atoms with Crippen molar-refractivity contribution in [2.45, 2.75) is 40.2 Å². The summed E-state index contributed by atoms with van der Waals surface area (Å²) < 4.78 is 0. The SMILES string of the molecule is Cc1nc(C)c(CCN=C(N)NC(C)C)s1. The van der Waals surface area contributed by atoms with Crippen molar-refractivity contribution in [2.24, 2.45) is 10.7 Å². The summed E-state index contributed by atoms with van der Waals surface area (Å²) in [6, 6.07) is 0.330. The van der Waals surface area contributed by atoms with Crippen LogP contribution in [-0.4, -0.2) is 23.5 Å². The van der Waals surface area contributed by atoms with E-state index in [4.69, 9.17) is 5.73 Å². The van der Waals surface area contributed by atoms with E-state index in [0.717, 1.165) is 17.1 Å². The Morgan fingerprint density at radius 1 is 1.50 bits per heavy atom. The van der Waals surface area contributed by atoms with E-state index in [1.54, 1.807) is 11.3 Å². The van der Waals surface area contributed by atoms with Crippen LogP contribution in [0.15, 0.2) is 4.99 Å². The fourth-order valence-electron chi connectivity index (χ4n) is 1.42. The van der Waals surface area contributed by atoms with Crippen molar-refractivity contribution in [1.29, 1.82) is 0 Å². The zero-order chi connectivity index (χ0) is 12.1. The van der Waals surface area contributed by atoms with Gasteiger partial charge in [-0.3, -0.25) is 4.99 Å². The smallest absolute Gasteiger partial charge is 0.188 e. The fourth-order valence-corrected chi connectivity index (χ4v) is 2.35. The lowest BCUT2D eigenvalue weighted by Gasteiger charge is -2.07. The maximum Gasteiger partial charge on any atom is 0.188 e. The van der Waals surface area contributed by atoms with E-state index in [0.29, 0.717) is 18.5 Å². The molecule has 0 aromatic carbocycles. The average Bonchev–Trinajstić information content (AvgIpc) is 2.44. The predicted octanol–water partition coefficient (Wildman–Crippen LogP) is 1.62. The molecule has 0 spiro atoms. The summed E-state index contributed by atoms with van der Waals surface area (Å²) in [5, 5.41) is 4.18. The number of nitrogens with zero attached hydrogens (tertiary/aromatic N) is 2. The van der Waals surface area contributed by atoms with E-state index in [2.05, 4.69) is 15.3 Å². The Kier molecular flexibility index (Phi) is 4.73. The van der Waals surface area contributed by atoms with Gasteiger partial charge in [-0.1, -0.05) is 0 Å². The van der Waals surface area contributed by atoms with Gasteiger partial charge in [0.25, 0.3) is 0 Å².